The van der Waals surface area contributed by atoms with Gasteiger partial charge in [-0.15, -0.1) is 0 Å². The van der Waals surface area contributed by atoms with Gasteiger partial charge in [-0.3, -0.25) is 9.48 Å². The highest BCUT2D eigenvalue weighted by Gasteiger charge is 2.39. The van der Waals surface area contributed by atoms with Crippen molar-refractivity contribution in [3.8, 4) is 0 Å². The Labute approximate surface area is 114 Å². The van der Waals surface area contributed by atoms with E-state index in [1.807, 2.05) is 17.7 Å². The Morgan fingerprint density at radius 3 is 3.00 bits per heavy atom. The third-order valence-electron chi connectivity index (χ3n) is 4.91. The first kappa shape index (κ1) is 12.7. The highest BCUT2D eigenvalue weighted by Crippen LogP contribution is 2.49. The Morgan fingerprint density at radius 1 is 1.47 bits per heavy atom. The molecule has 1 N–H and O–H groups in total. The Balaban J connectivity index is 1.39. The van der Waals surface area contributed by atoms with E-state index in [-0.39, 0.29) is 5.91 Å². The molecule has 3 atom stereocenters. The summed E-state index contributed by atoms with van der Waals surface area (Å²) >= 11 is 0. The molecule has 3 rings (SSSR count). The van der Waals surface area contributed by atoms with Crippen LogP contribution >= 0.6 is 0 Å². The number of fused-ring (bicyclic) bond motifs is 2. The van der Waals surface area contributed by atoms with Gasteiger partial charge >= 0.3 is 0 Å². The monoisotopic (exact) mass is 261 g/mol. The minimum Gasteiger partial charge on any atom is -0.354 e. The van der Waals surface area contributed by atoms with Gasteiger partial charge in [-0.25, -0.2) is 0 Å². The zero-order valence-corrected chi connectivity index (χ0v) is 11.6. The maximum Gasteiger partial charge on any atom is 0.220 e. The van der Waals surface area contributed by atoms with E-state index in [0.29, 0.717) is 12.5 Å². The second-order valence-electron chi connectivity index (χ2n) is 6.18. The predicted molar refractivity (Wildman–Crippen MR) is 73.5 cm³/mol. The standard InChI is InChI=1S/C15H23N3O/c1-11-4-5-17-18(11)7-6-16-15(19)10-14-9-12-2-3-13(14)8-12/h4-5,12-14H,2-3,6-10H2,1H3,(H,16,19)/t12-,13-,14+/m0/s1. The number of aromatic nitrogens is 2. The molecular formula is C15H23N3O. The molecule has 2 bridgehead atoms. The van der Waals surface area contributed by atoms with Crippen molar-refractivity contribution in [2.45, 2.75) is 45.6 Å². The van der Waals surface area contributed by atoms with Crippen molar-refractivity contribution in [3.63, 3.8) is 0 Å². The minimum absolute atomic E-state index is 0.224. The maximum atomic E-state index is 11.9. The lowest BCUT2D eigenvalue weighted by Crippen LogP contribution is -2.30. The zero-order valence-electron chi connectivity index (χ0n) is 11.6. The molecule has 0 aromatic carbocycles. The Kier molecular flexibility index (Phi) is 3.58. The molecule has 1 heterocycles. The molecule has 19 heavy (non-hydrogen) atoms. The summed E-state index contributed by atoms with van der Waals surface area (Å²) in [5.74, 6) is 2.64. The van der Waals surface area contributed by atoms with E-state index in [0.717, 1.165) is 30.5 Å². The van der Waals surface area contributed by atoms with E-state index in [1.54, 1.807) is 6.20 Å². The molecule has 0 unspecified atom stereocenters. The molecule has 4 heteroatoms. The summed E-state index contributed by atoms with van der Waals surface area (Å²) in [5, 5.41) is 7.25. The van der Waals surface area contributed by atoms with Crippen molar-refractivity contribution < 1.29 is 4.79 Å². The van der Waals surface area contributed by atoms with E-state index < -0.39 is 0 Å². The predicted octanol–water partition coefficient (Wildman–Crippen LogP) is 2.13. The van der Waals surface area contributed by atoms with E-state index >= 15 is 0 Å². The molecule has 0 spiro atoms. The summed E-state index contributed by atoms with van der Waals surface area (Å²) in [4.78, 5) is 11.9. The molecule has 1 aromatic rings. The molecule has 2 aliphatic carbocycles. The van der Waals surface area contributed by atoms with Crippen LogP contribution in [0.1, 0.15) is 37.8 Å². The topological polar surface area (TPSA) is 46.9 Å². The molecule has 1 amide bonds. The van der Waals surface area contributed by atoms with Gasteiger partial charge in [-0.1, -0.05) is 6.42 Å². The normalized spacial score (nSPS) is 28.8. The van der Waals surface area contributed by atoms with Crippen LogP contribution in [0.25, 0.3) is 0 Å². The molecule has 0 saturated heterocycles. The fourth-order valence-corrected chi connectivity index (χ4v) is 3.87. The minimum atomic E-state index is 0.224. The van der Waals surface area contributed by atoms with Crippen LogP contribution < -0.4 is 5.32 Å². The number of amides is 1. The van der Waals surface area contributed by atoms with Crippen molar-refractivity contribution in [2.24, 2.45) is 17.8 Å². The quantitative estimate of drug-likeness (QED) is 0.882. The molecule has 104 valence electrons. The van der Waals surface area contributed by atoms with E-state index in [2.05, 4.69) is 10.4 Å². The van der Waals surface area contributed by atoms with Gasteiger partial charge in [-0.05, 0) is 50.0 Å². The lowest BCUT2D eigenvalue weighted by atomic mass is 9.86. The zero-order chi connectivity index (χ0) is 13.2. The van der Waals surface area contributed by atoms with Gasteiger partial charge in [0.1, 0.15) is 0 Å². The van der Waals surface area contributed by atoms with Crippen LogP contribution in [0.3, 0.4) is 0 Å². The van der Waals surface area contributed by atoms with Crippen molar-refractivity contribution in [3.05, 3.63) is 18.0 Å². The number of carbonyl (C=O) groups excluding carboxylic acids is 1. The number of aryl methyl sites for hydroxylation is 1. The molecule has 1 aromatic heterocycles. The van der Waals surface area contributed by atoms with Gasteiger partial charge in [0.2, 0.25) is 5.91 Å². The summed E-state index contributed by atoms with van der Waals surface area (Å²) in [5.41, 5.74) is 1.14. The van der Waals surface area contributed by atoms with Crippen LogP contribution in [0, 0.1) is 24.7 Å². The van der Waals surface area contributed by atoms with E-state index in [1.165, 1.54) is 25.7 Å². The molecule has 0 radical (unpaired) electrons. The summed E-state index contributed by atoms with van der Waals surface area (Å²) in [7, 11) is 0. The molecule has 4 nitrogen and oxygen atoms in total. The van der Waals surface area contributed by atoms with Gasteiger partial charge in [0.25, 0.3) is 0 Å². The summed E-state index contributed by atoms with van der Waals surface area (Å²) in [6.45, 7) is 3.48. The van der Waals surface area contributed by atoms with Gasteiger partial charge in [0, 0.05) is 24.9 Å². The summed E-state index contributed by atoms with van der Waals surface area (Å²) in [6.07, 6.45) is 7.96. The van der Waals surface area contributed by atoms with Crippen molar-refractivity contribution in [1.29, 1.82) is 0 Å². The maximum absolute atomic E-state index is 11.9. The number of hydrogen-bond donors (Lipinski definition) is 1. The number of nitrogens with zero attached hydrogens (tertiary/aromatic N) is 2. The van der Waals surface area contributed by atoms with Crippen LogP contribution in [0.2, 0.25) is 0 Å². The Hall–Kier alpha value is -1.32. The second-order valence-corrected chi connectivity index (χ2v) is 6.18. The number of nitrogens with one attached hydrogen (secondary N) is 1. The van der Waals surface area contributed by atoms with Gasteiger partial charge < -0.3 is 5.32 Å². The van der Waals surface area contributed by atoms with Crippen LogP contribution in [-0.4, -0.2) is 22.2 Å². The fraction of sp³-hybridized carbons (Fsp3) is 0.733. The fourth-order valence-electron chi connectivity index (χ4n) is 3.87. The molecule has 2 saturated carbocycles. The Morgan fingerprint density at radius 2 is 2.37 bits per heavy atom. The molecule has 2 fully saturated rings. The van der Waals surface area contributed by atoms with E-state index in [4.69, 9.17) is 0 Å². The number of carbonyl (C=O) groups is 1. The average Bonchev–Trinajstić information content (AvgIpc) is 3.07. The summed E-state index contributed by atoms with van der Waals surface area (Å²) in [6, 6.07) is 1.98. The second kappa shape index (κ2) is 5.35. The van der Waals surface area contributed by atoms with Gasteiger partial charge in [0.15, 0.2) is 0 Å². The third-order valence-corrected chi connectivity index (χ3v) is 4.91. The van der Waals surface area contributed by atoms with Crippen LogP contribution in [-0.2, 0) is 11.3 Å². The van der Waals surface area contributed by atoms with E-state index in [9.17, 15) is 4.79 Å². The highest BCUT2D eigenvalue weighted by atomic mass is 16.1. The first-order valence-corrected chi connectivity index (χ1v) is 7.47. The Bertz CT molecular complexity index is 454. The molecular weight excluding hydrogens is 238 g/mol. The lowest BCUT2D eigenvalue weighted by Gasteiger charge is -2.20. The van der Waals surface area contributed by atoms with Crippen LogP contribution in [0.4, 0.5) is 0 Å². The van der Waals surface area contributed by atoms with Gasteiger partial charge in [0.05, 0.1) is 6.54 Å². The first-order chi connectivity index (χ1) is 9.22. The van der Waals surface area contributed by atoms with Gasteiger partial charge in [-0.2, -0.15) is 5.10 Å². The largest absolute Gasteiger partial charge is 0.354 e. The van der Waals surface area contributed by atoms with Crippen molar-refractivity contribution in [1.82, 2.24) is 15.1 Å². The highest BCUT2D eigenvalue weighted by molar-refractivity contribution is 5.76. The lowest BCUT2D eigenvalue weighted by molar-refractivity contribution is -0.122. The third kappa shape index (κ3) is 2.82. The molecule has 2 aliphatic rings. The first-order valence-electron chi connectivity index (χ1n) is 7.47. The van der Waals surface area contributed by atoms with Crippen LogP contribution in [0.15, 0.2) is 12.3 Å². The van der Waals surface area contributed by atoms with Crippen molar-refractivity contribution in [2.75, 3.05) is 6.54 Å². The van der Waals surface area contributed by atoms with Crippen molar-refractivity contribution >= 4 is 5.91 Å². The number of hydrogen-bond acceptors (Lipinski definition) is 2. The number of rotatable bonds is 5. The average molecular weight is 261 g/mol. The van der Waals surface area contributed by atoms with Crippen LogP contribution in [0.5, 0.6) is 0 Å². The SMILES string of the molecule is Cc1ccnn1CCNC(=O)C[C@H]1C[C@H]2CC[C@H]1C2. The summed E-state index contributed by atoms with van der Waals surface area (Å²) < 4.78 is 1.93. The molecule has 0 aliphatic heterocycles. The smallest absolute Gasteiger partial charge is 0.220 e.